The van der Waals surface area contributed by atoms with Crippen LogP contribution in [-0.4, -0.2) is 18.0 Å². The number of carbonyl (C=O) groups excluding carboxylic acids is 1. The van der Waals surface area contributed by atoms with Gasteiger partial charge in [-0.1, -0.05) is 28.1 Å². The normalized spacial score (nSPS) is 10.1. The minimum atomic E-state index is -0.155. The van der Waals surface area contributed by atoms with E-state index in [1.165, 1.54) is 0 Å². The third kappa shape index (κ3) is 3.99. The van der Waals surface area contributed by atoms with Crippen molar-refractivity contribution in [2.24, 2.45) is 0 Å². The van der Waals surface area contributed by atoms with Crippen LogP contribution in [0, 0.1) is 0 Å². The molecule has 5 heteroatoms. The number of hydrogen-bond acceptors (Lipinski definition) is 2. The number of anilines is 2. The summed E-state index contributed by atoms with van der Waals surface area (Å²) < 4.78 is 1.02. The van der Waals surface area contributed by atoms with E-state index in [1.54, 1.807) is 36.2 Å². The molecule has 0 atom stereocenters. The monoisotopic (exact) mass is 333 g/mol. The van der Waals surface area contributed by atoms with Crippen molar-refractivity contribution in [3.63, 3.8) is 0 Å². The van der Waals surface area contributed by atoms with E-state index < -0.39 is 0 Å². The van der Waals surface area contributed by atoms with Crippen LogP contribution >= 0.6 is 15.9 Å². The van der Waals surface area contributed by atoms with Gasteiger partial charge in [0.15, 0.2) is 0 Å². The van der Waals surface area contributed by atoms with Gasteiger partial charge in [-0.15, -0.1) is 0 Å². The van der Waals surface area contributed by atoms with Crippen LogP contribution < -0.4 is 11.1 Å². The molecule has 0 aliphatic rings. The Kier molecular flexibility index (Phi) is 4.63. The van der Waals surface area contributed by atoms with Crippen LogP contribution in [0.5, 0.6) is 0 Å². The van der Waals surface area contributed by atoms with Crippen molar-refractivity contribution >= 4 is 33.3 Å². The molecular weight excluding hydrogens is 318 g/mol. The fourth-order valence-electron chi connectivity index (χ4n) is 1.72. The van der Waals surface area contributed by atoms with Gasteiger partial charge in [0.2, 0.25) is 0 Å². The molecule has 20 heavy (non-hydrogen) atoms. The van der Waals surface area contributed by atoms with Gasteiger partial charge in [0, 0.05) is 29.4 Å². The number of carbonyl (C=O) groups is 1. The van der Waals surface area contributed by atoms with Gasteiger partial charge in [0.05, 0.1) is 0 Å². The fourth-order valence-corrected chi connectivity index (χ4v) is 1.99. The first-order chi connectivity index (χ1) is 9.54. The fraction of sp³-hybridized carbons (Fsp3) is 0.133. The standard InChI is InChI=1S/C15H16BrN3O/c1-19(10-11-2-4-12(16)5-3-11)15(20)18-14-8-6-13(17)7-9-14/h2-9H,10,17H2,1H3,(H,18,20). The molecule has 0 heterocycles. The Morgan fingerprint density at radius 1 is 1.15 bits per heavy atom. The first kappa shape index (κ1) is 14.4. The molecule has 0 bridgehead atoms. The van der Waals surface area contributed by atoms with Gasteiger partial charge < -0.3 is 16.0 Å². The zero-order chi connectivity index (χ0) is 14.5. The average molecular weight is 334 g/mol. The Bertz CT molecular complexity index is 581. The van der Waals surface area contributed by atoms with E-state index in [9.17, 15) is 4.79 Å². The van der Waals surface area contributed by atoms with E-state index in [1.807, 2.05) is 24.3 Å². The number of benzene rings is 2. The summed E-state index contributed by atoms with van der Waals surface area (Å²) in [5.74, 6) is 0. The summed E-state index contributed by atoms with van der Waals surface area (Å²) in [6.45, 7) is 0.550. The van der Waals surface area contributed by atoms with E-state index in [0.717, 1.165) is 15.7 Å². The quantitative estimate of drug-likeness (QED) is 0.841. The van der Waals surface area contributed by atoms with E-state index in [4.69, 9.17) is 5.73 Å². The Labute approximate surface area is 126 Å². The number of nitrogens with zero attached hydrogens (tertiary/aromatic N) is 1. The first-order valence-corrected chi connectivity index (χ1v) is 6.96. The van der Waals surface area contributed by atoms with Crippen molar-refractivity contribution in [2.45, 2.75) is 6.54 Å². The minimum Gasteiger partial charge on any atom is -0.399 e. The number of amides is 2. The predicted molar refractivity (Wildman–Crippen MR) is 85.5 cm³/mol. The van der Waals surface area contributed by atoms with E-state index in [-0.39, 0.29) is 6.03 Å². The number of nitrogens with one attached hydrogen (secondary N) is 1. The van der Waals surface area contributed by atoms with Crippen LogP contribution in [-0.2, 0) is 6.54 Å². The number of hydrogen-bond donors (Lipinski definition) is 2. The summed E-state index contributed by atoms with van der Waals surface area (Å²) in [6.07, 6.45) is 0. The van der Waals surface area contributed by atoms with Crippen LogP contribution in [0.4, 0.5) is 16.2 Å². The molecule has 2 aromatic rings. The topological polar surface area (TPSA) is 58.4 Å². The Morgan fingerprint density at radius 3 is 2.35 bits per heavy atom. The van der Waals surface area contributed by atoms with Gasteiger partial charge in [0.25, 0.3) is 0 Å². The summed E-state index contributed by atoms with van der Waals surface area (Å²) in [4.78, 5) is 13.7. The summed E-state index contributed by atoms with van der Waals surface area (Å²) in [7, 11) is 1.76. The highest BCUT2D eigenvalue weighted by Gasteiger charge is 2.09. The van der Waals surface area contributed by atoms with E-state index in [0.29, 0.717) is 12.2 Å². The molecule has 0 saturated carbocycles. The van der Waals surface area contributed by atoms with Gasteiger partial charge >= 0.3 is 6.03 Å². The smallest absolute Gasteiger partial charge is 0.321 e. The maximum Gasteiger partial charge on any atom is 0.321 e. The largest absolute Gasteiger partial charge is 0.399 e. The lowest BCUT2D eigenvalue weighted by atomic mass is 10.2. The molecule has 3 N–H and O–H groups in total. The van der Waals surface area contributed by atoms with Crippen LogP contribution in [0.25, 0.3) is 0 Å². The highest BCUT2D eigenvalue weighted by molar-refractivity contribution is 9.10. The SMILES string of the molecule is CN(Cc1ccc(Br)cc1)C(=O)Nc1ccc(N)cc1. The van der Waals surface area contributed by atoms with Crippen molar-refractivity contribution < 1.29 is 4.79 Å². The van der Waals surface area contributed by atoms with Gasteiger partial charge in [0.1, 0.15) is 0 Å². The number of rotatable bonds is 3. The molecule has 0 aromatic heterocycles. The number of nitrogens with two attached hydrogens (primary N) is 1. The zero-order valence-corrected chi connectivity index (χ0v) is 12.7. The van der Waals surface area contributed by atoms with E-state index in [2.05, 4.69) is 21.2 Å². The molecule has 0 radical (unpaired) electrons. The van der Waals surface area contributed by atoms with Crippen molar-refractivity contribution in [3.05, 3.63) is 58.6 Å². The van der Waals surface area contributed by atoms with Crippen molar-refractivity contribution in [3.8, 4) is 0 Å². The molecule has 2 aromatic carbocycles. The maximum atomic E-state index is 12.0. The second kappa shape index (κ2) is 6.43. The Morgan fingerprint density at radius 2 is 1.75 bits per heavy atom. The predicted octanol–water partition coefficient (Wildman–Crippen LogP) is 3.70. The summed E-state index contributed by atoms with van der Waals surface area (Å²) in [5.41, 5.74) is 8.08. The highest BCUT2D eigenvalue weighted by atomic mass is 79.9. The van der Waals surface area contributed by atoms with E-state index >= 15 is 0 Å². The second-order valence-electron chi connectivity index (χ2n) is 4.53. The number of nitrogen functional groups attached to an aromatic ring is 1. The second-order valence-corrected chi connectivity index (χ2v) is 5.45. The highest BCUT2D eigenvalue weighted by Crippen LogP contribution is 2.14. The molecular formula is C15H16BrN3O. The lowest BCUT2D eigenvalue weighted by molar-refractivity contribution is 0.220. The summed E-state index contributed by atoms with van der Waals surface area (Å²) >= 11 is 3.39. The molecule has 0 unspecified atom stereocenters. The van der Waals surface area contributed by atoms with Crippen molar-refractivity contribution in [2.75, 3.05) is 18.1 Å². The molecule has 0 aliphatic heterocycles. The Hall–Kier alpha value is -2.01. The van der Waals surface area contributed by atoms with Crippen molar-refractivity contribution in [1.82, 2.24) is 4.90 Å². The van der Waals surface area contributed by atoms with Crippen LogP contribution in [0.1, 0.15) is 5.56 Å². The molecule has 2 amide bonds. The zero-order valence-electron chi connectivity index (χ0n) is 11.1. The molecule has 0 saturated heterocycles. The number of halogens is 1. The maximum absolute atomic E-state index is 12.0. The van der Waals surface area contributed by atoms with Gasteiger partial charge in [-0.3, -0.25) is 0 Å². The van der Waals surface area contributed by atoms with Crippen LogP contribution in [0.15, 0.2) is 53.0 Å². The molecule has 0 spiro atoms. The lowest BCUT2D eigenvalue weighted by Crippen LogP contribution is -2.30. The van der Waals surface area contributed by atoms with Crippen molar-refractivity contribution in [1.29, 1.82) is 0 Å². The van der Waals surface area contributed by atoms with Gasteiger partial charge in [-0.05, 0) is 42.0 Å². The third-order valence-electron chi connectivity index (χ3n) is 2.84. The third-order valence-corrected chi connectivity index (χ3v) is 3.37. The molecule has 0 aliphatic carbocycles. The van der Waals surface area contributed by atoms with Crippen LogP contribution in [0.2, 0.25) is 0 Å². The molecule has 104 valence electrons. The van der Waals surface area contributed by atoms with Gasteiger partial charge in [-0.2, -0.15) is 0 Å². The van der Waals surface area contributed by atoms with Gasteiger partial charge in [-0.25, -0.2) is 4.79 Å². The molecule has 4 nitrogen and oxygen atoms in total. The minimum absolute atomic E-state index is 0.155. The molecule has 2 rings (SSSR count). The van der Waals surface area contributed by atoms with Crippen LogP contribution in [0.3, 0.4) is 0 Å². The number of urea groups is 1. The Balaban J connectivity index is 1.94. The summed E-state index contributed by atoms with van der Waals surface area (Å²) in [6, 6.07) is 14.8. The lowest BCUT2D eigenvalue weighted by Gasteiger charge is -2.18. The first-order valence-electron chi connectivity index (χ1n) is 6.17. The molecule has 0 fully saturated rings. The average Bonchev–Trinajstić information content (AvgIpc) is 2.44. The summed E-state index contributed by atoms with van der Waals surface area (Å²) in [5, 5.41) is 2.82.